The molecule has 0 unspecified atom stereocenters. The molecule has 3 rings (SSSR count). The summed E-state index contributed by atoms with van der Waals surface area (Å²) in [6, 6.07) is 11.3. The third-order valence-corrected chi connectivity index (χ3v) is 4.08. The number of aryl methyl sites for hydroxylation is 2. The predicted molar refractivity (Wildman–Crippen MR) is 98.6 cm³/mol. The van der Waals surface area contributed by atoms with Gasteiger partial charge in [-0.3, -0.25) is 19.5 Å². The SMILES string of the molecule is CCOC(=O)CNC(=O)c1c(=O)cc(CCc2ccccc2)n2[nH]cnc12. The van der Waals surface area contributed by atoms with Crippen molar-refractivity contribution in [3.63, 3.8) is 0 Å². The molecular formula is C19H20N4O4. The minimum Gasteiger partial charge on any atom is -0.465 e. The summed E-state index contributed by atoms with van der Waals surface area (Å²) >= 11 is 0. The van der Waals surface area contributed by atoms with Crippen molar-refractivity contribution in [2.45, 2.75) is 19.8 Å². The highest BCUT2D eigenvalue weighted by atomic mass is 16.5. The minimum absolute atomic E-state index is 0.107. The molecule has 0 aliphatic rings. The van der Waals surface area contributed by atoms with Crippen molar-refractivity contribution in [2.24, 2.45) is 0 Å². The van der Waals surface area contributed by atoms with Crippen LogP contribution in [0, 0.1) is 0 Å². The quantitative estimate of drug-likeness (QED) is 0.608. The molecule has 0 atom stereocenters. The van der Waals surface area contributed by atoms with Gasteiger partial charge >= 0.3 is 5.97 Å². The zero-order valence-electron chi connectivity index (χ0n) is 14.9. The van der Waals surface area contributed by atoms with Gasteiger partial charge in [0.05, 0.1) is 6.61 Å². The molecule has 0 fully saturated rings. The van der Waals surface area contributed by atoms with Gasteiger partial charge in [0, 0.05) is 11.8 Å². The van der Waals surface area contributed by atoms with Gasteiger partial charge in [0.2, 0.25) is 0 Å². The number of amides is 1. The third-order valence-electron chi connectivity index (χ3n) is 4.08. The number of H-pyrrole nitrogens is 1. The second kappa shape index (κ2) is 8.31. The van der Waals surface area contributed by atoms with Crippen LogP contribution in [0.5, 0.6) is 0 Å². The molecule has 0 saturated carbocycles. The number of carbonyl (C=O) groups is 2. The van der Waals surface area contributed by atoms with Crippen LogP contribution < -0.4 is 10.7 Å². The van der Waals surface area contributed by atoms with E-state index < -0.39 is 17.3 Å². The van der Waals surface area contributed by atoms with Gasteiger partial charge in [0.15, 0.2) is 11.1 Å². The van der Waals surface area contributed by atoms with E-state index in [2.05, 4.69) is 15.4 Å². The molecule has 1 aromatic carbocycles. The number of esters is 1. The summed E-state index contributed by atoms with van der Waals surface area (Å²) in [5.41, 5.74) is 1.55. The number of nitrogens with zero attached hydrogens (tertiary/aromatic N) is 2. The van der Waals surface area contributed by atoms with E-state index >= 15 is 0 Å². The van der Waals surface area contributed by atoms with E-state index in [1.165, 1.54) is 12.4 Å². The van der Waals surface area contributed by atoms with E-state index in [0.29, 0.717) is 6.42 Å². The van der Waals surface area contributed by atoms with Crippen molar-refractivity contribution in [1.82, 2.24) is 19.9 Å². The minimum atomic E-state index is -0.660. The molecule has 2 aromatic heterocycles. The summed E-state index contributed by atoms with van der Waals surface area (Å²) in [5.74, 6) is -1.23. The van der Waals surface area contributed by atoms with Gasteiger partial charge in [-0.05, 0) is 25.3 Å². The summed E-state index contributed by atoms with van der Waals surface area (Å²) in [4.78, 5) is 40.4. The largest absolute Gasteiger partial charge is 0.465 e. The summed E-state index contributed by atoms with van der Waals surface area (Å²) in [7, 11) is 0. The lowest BCUT2D eigenvalue weighted by Gasteiger charge is -2.09. The predicted octanol–water partition coefficient (Wildman–Crippen LogP) is 1.10. The summed E-state index contributed by atoms with van der Waals surface area (Å²) < 4.78 is 6.38. The van der Waals surface area contributed by atoms with Crippen LogP contribution in [0.3, 0.4) is 0 Å². The van der Waals surface area contributed by atoms with E-state index in [1.807, 2.05) is 30.3 Å². The van der Waals surface area contributed by atoms with Gasteiger partial charge in [-0.25, -0.2) is 9.50 Å². The standard InChI is InChI=1S/C19H20N4O4/c1-2-27-16(25)11-20-19(26)17-15(24)10-14(23-18(17)21-12-22-23)9-8-13-6-4-3-5-7-13/h3-7,10,12H,2,8-9,11H2,1H3,(H,20,26)(H,21,22). The first kappa shape index (κ1) is 18.4. The van der Waals surface area contributed by atoms with Gasteiger partial charge in [-0.2, -0.15) is 0 Å². The van der Waals surface area contributed by atoms with Gasteiger partial charge < -0.3 is 10.1 Å². The number of aromatic amines is 1. The maximum absolute atomic E-state index is 12.5. The third kappa shape index (κ3) is 4.22. The Morgan fingerprint density at radius 3 is 2.74 bits per heavy atom. The van der Waals surface area contributed by atoms with Crippen LogP contribution in [0.4, 0.5) is 0 Å². The molecule has 0 bridgehead atoms. The van der Waals surface area contributed by atoms with Gasteiger partial charge in [-0.1, -0.05) is 30.3 Å². The Kier molecular flexibility index (Phi) is 5.65. The second-order valence-electron chi connectivity index (χ2n) is 5.89. The van der Waals surface area contributed by atoms with Gasteiger partial charge in [-0.15, -0.1) is 0 Å². The number of ether oxygens (including phenoxy) is 1. The number of pyridine rings is 1. The molecule has 3 aromatic rings. The number of fused-ring (bicyclic) bond motifs is 1. The molecule has 2 N–H and O–H groups in total. The second-order valence-corrected chi connectivity index (χ2v) is 5.89. The fourth-order valence-corrected chi connectivity index (χ4v) is 2.83. The van der Waals surface area contributed by atoms with E-state index in [4.69, 9.17) is 4.74 Å². The highest BCUT2D eigenvalue weighted by Crippen LogP contribution is 2.10. The van der Waals surface area contributed by atoms with Crippen molar-refractivity contribution in [3.8, 4) is 0 Å². The molecule has 0 saturated heterocycles. The van der Waals surface area contributed by atoms with Crippen molar-refractivity contribution in [2.75, 3.05) is 13.2 Å². The Hall–Kier alpha value is -3.42. The smallest absolute Gasteiger partial charge is 0.325 e. The monoisotopic (exact) mass is 368 g/mol. The Balaban J connectivity index is 1.83. The Morgan fingerprint density at radius 2 is 2.00 bits per heavy atom. The Bertz CT molecular complexity index is 1010. The molecule has 0 spiro atoms. The molecule has 140 valence electrons. The van der Waals surface area contributed by atoms with E-state index in [1.54, 1.807) is 11.4 Å². The zero-order valence-corrected chi connectivity index (χ0v) is 14.9. The molecule has 2 heterocycles. The summed E-state index contributed by atoms with van der Waals surface area (Å²) in [6.45, 7) is 1.59. The van der Waals surface area contributed by atoms with Crippen LogP contribution in [0.1, 0.15) is 28.5 Å². The van der Waals surface area contributed by atoms with Crippen LogP contribution in [0.25, 0.3) is 5.65 Å². The fourth-order valence-electron chi connectivity index (χ4n) is 2.83. The fraction of sp³-hybridized carbons (Fsp3) is 0.263. The van der Waals surface area contributed by atoms with Crippen LogP contribution >= 0.6 is 0 Å². The lowest BCUT2D eigenvalue weighted by Crippen LogP contribution is -2.34. The number of aromatic nitrogens is 3. The summed E-state index contributed by atoms with van der Waals surface area (Å²) in [5, 5.41) is 5.33. The first-order valence-corrected chi connectivity index (χ1v) is 8.66. The lowest BCUT2D eigenvalue weighted by atomic mass is 10.1. The van der Waals surface area contributed by atoms with Crippen LogP contribution in [-0.2, 0) is 22.4 Å². The number of benzene rings is 1. The topological polar surface area (TPSA) is 106 Å². The summed E-state index contributed by atoms with van der Waals surface area (Å²) in [6.07, 6.45) is 2.77. The molecule has 0 radical (unpaired) electrons. The average molecular weight is 368 g/mol. The van der Waals surface area contributed by atoms with Crippen LogP contribution in [0.15, 0.2) is 47.5 Å². The maximum atomic E-state index is 12.5. The zero-order chi connectivity index (χ0) is 19.2. The van der Waals surface area contributed by atoms with Gasteiger partial charge in [0.25, 0.3) is 5.91 Å². The lowest BCUT2D eigenvalue weighted by molar-refractivity contribution is -0.141. The van der Waals surface area contributed by atoms with Crippen LogP contribution in [-0.4, -0.2) is 39.6 Å². The molecule has 1 amide bonds. The molecule has 27 heavy (non-hydrogen) atoms. The van der Waals surface area contributed by atoms with Crippen molar-refractivity contribution in [3.05, 3.63) is 69.8 Å². The van der Waals surface area contributed by atoms with Crippen molar-refractivity contribution >= 4 is 17.5 Å². The highest BCUT2D eigenvalue weighted by molar-refractivity contribution is 6.00. The molecule has 0 aliphatic carbocycles. The number of carbonyl (C=O) groups excluding carboxylic acids is 2. The van der Waals surface area contributed by atoms with E-state index in [9.17, 15) is 14.4 Å². The number of nitrogens with one attached hydrogen (secondary N) is 2. The van der Waals surface area contributed by atoms with Gasteiger partial charge in [0.1, 0.15) is 18.4 Å². The average Bonchev–Trinajstić information content (AvgIpc) is 3.15. The van der Waals surface area contributed by atoms with Crippen LogP contribution in [0.2, 0.25) is 0 Å². The molecule has 8 nitrogen and oxygen atoms in total. The van der Waals surface area contributed by atoms with E-state index in [0.717, 1.165) is 17.7 Å². The Labute approximate surface area is 155 Å². The Morgan fingerprint density at radius 1 is 1.22 bits per heavy atom. The van der Waals surface area contributed by atoms with Crippen molar-refractivity contribution in [1.29, 1.82) is 0 Å². The first-order valence-electron chi connectivity index (χ1n) is 8.66. The number of rotatable bonds is 7. The number of hydrogen-bond donors (Lipinski definition) is 2. The van der Waals surface area contributed by atoms with Crippen molar-refractivity contribution < 1.29 is 14.3 Å². The normalized spacial score (nSPS) is 10.7. The molecule has 0 aliphatic heterocycles. The molecular weight excluding hydrogens is 348 g/mol. The highest BCUT2D eigenvalue weighted by Gasteiger charge is 2.19. The number of hydrogen-bond acceptors (Lipinski definition) is 5. The maximum Gasteiger partial charge on any atom is 0.325 e. The first-order chi connectivity index (χ1) is 13.1. The van der Waals surface area contributed by atoms with E-state index in [-0.39, 0.29) is 24.4 Å². The molecule has 8 heteroatoms.